The first-order valence-corrected chi connectivity index (χ1v) is 11.9. The van der Waals surface area contributed by atoms with Crippen LogP contribution >= 0.6 is 0 Å². The summed E-state index contributed by atoms with van der Waals surface area (Å²) in [4.78, 5) is 37.5. The van der Waals surface area contributed by atoms with Crippen LogP contribution in [0.5, 0.6) is 0 Å². The minimum atomic E-state index is -2.27. The van der Waals surface area contributed by atoms with E-state index < -0.39 is 35.5 Å². The molecule has 0 radical (unpaired) electrons. The quantitative estimate of drug-likeness (QED) is 0.340. The number of nitrogens with zero attached hydrogens (tertiary/aromatic N) is 4. The lowest BCUT2D eigenvalue weighted by molar-refractivity contribution is -0.175. The molecule has 4 atom stereocenters. The van der Waals surface area contributed by atoms with Gasteiger partial charge in [-0.1, -0.05) is 18.2 Å². The number of anilines is 1. The Morgan fingerprint density at radius 1 is 1.13 bits per heavy atom. The lowest BCUT2D eigenvalue weighted by Crippen LogP contribution is -2.55. The number of esters is 2. The number of imidazole rings is 1. The van der Waals surface area contributed by atoms with Crippen molar-refractivity contribution in [1.82, 2.24) is 19.5 Å². The number of carbonyl (C=O) groups is 2. The van der Waals surface area contributed by atoms with Crippen LogP contribution in [0.2, 0.25) is 0 Å². The van der Waals surface area contributed by atoms with Crippen molar-refractivity contribution in [2.45, 2.75) is 50.9 Å². The average molecular weight is 524 g/mol. The van der Waals surface area contributed by atoms with Crippen LogP contribution in [0, 0.1) is 0 Å². The third-order valence-corrected chi connectivity index (χ3v) is 6.69. The van der Waals surface area contributed by atoms with Gasteiger partial charge in [0.05, 0.1) is 24.7 Å². The SMILES string of the molecule is CC(=O)O[C@]1(C)[C@@H](COC(=O)c2ccccc2)O[C@H](n2cnc3c(NCc4ccco4)ncnc32)[C@]1(C)F. The fraction of sp³-hybridized carbons (Fsp3) is 0.346. The van der Waals surface area contributed by atoms with Crippen LogP contribution in [-0.2, 0) is 25.5 Å². The average Bonchev–Trinajstić information content (AvgIpc) is 3.61. The highest BCUT2D eigenvalue weighted by Gasteiger charge is 2.66. The molecule has 4 heterocycles. The zero-order chi connectivity index (χ0) is 26.9. The van der Waals surface area contributed by atoms with E-state index in [4.69, 9.17) is 18.6 Å². The topological polar surface area (TPSA) is 131 Å². The molecule has 1 aliphatic heterocycles. The minimum absolute atomic E-state index is 0.294. The van der Waals surface area contributed by atoms with E-state index in [1.54, 1.807) is 42.7 Å². The molecule has 0 bridgehead atoms. The number of carbonyl (C=O) groups excluding carboxylic acids is 2. The predicted octanol–water partition coefficient (Wildman–Crippen LogP) is 3.84. The summed E-state index contributed by atoms with van der Waals surface area (Å²) in [6, 6.07) is 11.9. The largest absolute Gasteiger partial charge is 0.467 e. The van der Waals surface area contributed by atoms with Crippen molar-refractivity contribution in [1.29, 1.82) is 0 Å². The van der Waals surface area contributed by atoms with Crippen LogP contribution in [0.3, 0.4) is 0 Å². The minimum Gasteiger partial charge on any atom is -0.467 e. The van der Waals surface area contributed by atoms with Gasteiger partial charge in [-0.05, 0) is 38.1 Å². The zero-order valence-corrected chi connectivity index (χ0v) is 21.0. The molecule has 0 aliphatic carbocycles. The first kappa shape index (κ1) is 25.3. The second kappa shape index (κ2) is 9.86. The molecule has 0 saturated carbocycles. The predicted molar refractivity (Wildman–Crippen MR) is 132 cm³/mol. The number of furan rings is 1. The van der Waals surface area contributed by atoms with Gasteiger partial charge in [0.1, 0.15) is 24.8 Å². The highest BCUT2D eigenvalue weighted by Crippen LogP contribution is 2.51. The first-order chi connectivity index (χ1) is 18.2. The summed E-state index contributed by atoms with van der Waals surface area (Å²) in [5, 5.41) is 3.13. The van der Waals surface area contributed by atoms with Crippen LogP contribution in [0.4, 0.5) is 10.2 Å². The lowest BCUT2D eigenvalue weighted by Gasteiger charge is -2.36. The van der Waals surface area contributed by atoms with Gasteiger partial charge >= 0.3 is 11.9 Å². The Morgan fingerprint density at radius 2 is 1.92 bits per heavy atom. The standard InChI is InChI=1S/C26H26FN5O6/c1-16(33)38-26(3)19(13-36-23(34)17-8-5-4-6-9-17)37-24(25(26,2)27)32-15-31-20-21(29-14-30-22(20)32)28-12-18-10-7-11-35-18/h4-11,14-15,19,24H,12-13H2,1-3H3,(H,28,29,30)/t19-,24+,25+,26-/m1/s1. The third kappa shape index (κ3) is 4.47. The van der Waals surface area contributed by atoms with Crippen molar-refractivity contribution in [2.75, 3.05) is 11.9 Å². The molecule has 5 rings (SSSR count). The molecular weight excluding hydrogens is 497 g/mol. The smallest absolute Gasteiger partial charge is 0.338 e. The molecule has 1 aromatic carbocycles. The number of hydrogen-bond acceptors (Lipinski definition) is 10. The molecule has 12 heteroatoms. The Kier molecular flexibility index (Phi) is 6.57. The van der Waals surface area contributed by atoms with Crippen LogP contribution in [0.25, 0.3) is 11.2 Å². The van der Waals surface area contributed by atoms with E-state index in [-0.39, 0.29) is 6.61 Å². The Balaban J connectivity index is 1.43. The maximum Gasteiger partial charge on any atom is 0.338 e. The summed E-state index contributed by atoms with van der Waals surface area (Å²) in [6.45, 7) is 3.86. The first-order valence-electron chi connectivity index (χ1n) is 11.9. The summed E-state index contributed by atoms with van der Waals surface area (Å²) >= 11 is 0. The van der Waals surface area contributed by atoms with E-state index >= 15 is 4.39 Å². The van der Waals surface area contributed by atoms with Crippen molar-refractivity contribution in [3.63, 3.8) is 0 Å². The molecule has 38 heavy (non-hydrogen) atoms. The van der Waals surface area contributed by atoms with Gasteiger partial charge in [-0.25, -0.2) is 24.1 Å². The Hall–Kier alpha value is -4.32. The molecule has 11 nitrogen and oxygen atoms in total. The van der Waals surface area contributed by atoms with E-state index in [2.05, 4.69) is 20.3 Å². The maximum absolute atomic E-state index is 16.6. The van der Waals surface area contributed by atoms with Crippen LogP contribution in [-0.4, -0.2) is 55.4 Å². The number of hydrogen-bond donors (Lipinski definition) is 1. The van der Waals surface area contributed by atoms with Gasteiger partial charge < -0.3 is 23.9 Å². The fourth-order valence-corrected chi connectivity index (χ4v) is 4.51. The summed E-state index contributed by atoms with van der Waals surface area (Å²) in [6.07, 6.45) is 1.82. The van der Waals surface area contributed by atoms with Gasteiger partial charge in [-0.3, -0.25) is 9.36 Å². The number of halogens is 1. The van der Waals surface area contributed by atoms with Gasteiger partial charge in [0, 0.05) is 6.92 Å². The van der Waals surface area contributed by atoms with Gasteiger partial charge in [0.15, 0.2) is 34.5 Å². The second-order valence-electron chi connectivity index (χ2n) is 9.20. The molecule has 3 aromatic heterocycles. The number of ether oxygens (including phenoxy) is 3. The monoisotopic (exact) mass is 523 g/mol. The fourth-order valence-electron chi connectivity index (χ4n) is 4.51. The van der Waals surface area contributed by atoms with E-state index in [0.29, 0.717) is 34.9 Å². The van der Waals surface area contributed by atoms with E-state index in [1.165, 1.54) is 38.0 Å². The van der Waals surface area contributed by atoms with Crippen molar-refractivity contribution in [3.8, 4) is 0 Å². The molecular formula is C26H26FN5O6. The van der Waals surface area contributed by atoms with Gasteiger partial charge in [-0.2, -0.15) is 0 Å². The summed E-state index contributed by atoms with van der Waals surface area (Å²) in [5.74, 6) is -0.213. The molecule has 4 aromatic rings. The number of fused-ring (bicyclic) bond motifs is 1. The highest BCUT2D eigenvalue weighted by molar-refractivity contribution is 5.89. The van der Waals surface area contributed by atoms with Crippen LogP contribution in [0.15, 0.2) is 65.8 Å². The molecule has 0 amide bonds. The Morgan fingerprint density at radius 3 is 2.63 bits per heavy atom. The van der Waals surface area contributed by atoms with Crippen LogP contribution in [0.1, 0.15) is 43.1 Å². The number of aromatic nitrogens is 4. The normalized spacial score (nSPS) is 24.8. The molecule has 0 spiro atoms. The summed E-state index contributed by atoms with van der Waals surface area (Å²) in [7, 11) is 0. The highest BCUT2D eigenvalue weighted by atomic mass is 19.1. The van der Waals surface area contributed by atoms with E-state index in [1.807, 2.05) is 6.07 Å². The Bertz CT molecular complexity index is 1440. The molecule has 0 unspecified atom stereocenters. The molecule has 1 aliphatic rings. The summed E-state index contributed by atoms with van der Waals surface area (Å²) < 4.78 is 40.4. The molecule has 1 N–H and O–H groups in total. The lowest BCUT2D eigenvalue weighted by atomic mass is 9.84. The van der Waals surface area contributed by atoms with Crippen molar-refractivity contribution in [3.05, 3.63) is 72.7 Å². The second-order valence-corrected chi connectivity index (χ2v) is 9.20. The number of benzene rings is 1. The van der Waals surface area contributed by atoms with Crippen molar-refractivity contribution < 1.29 is 32.6 Å². The molecule has 198 valence electrons. The zero-order valence-electron chi connectivity index (χ0n) is 21.0. The van der Waals surface area contributed by atoms with Gasteiger partial charge in [0.25, 0.3) is 0 Å². The molecule has 1 saturated heterocycles. The van der Waals surface area contributed by atoms with Crippen LogP contribution < -0.4 is 5.32 Å². The van der Waals surface area contributed by atoms with Gasteiger partial charge in [-0.15, -0.1) is 0 Å². The number of nitrogens with one attached hydrogen (secondary N) is 1. The van der Waals surface area contributed by atoms with Gasteiger partial charge in [0.2, 0.25) is 0 Å². The van der Waals surface area contributed by atoms with Crippen molar-refractivity contribution in [2.24, 2.45) is 0 Å². The number of rotatable bonds is 8. The maximum atomic E-state index is 16.6. The van der Waals surface area contributed by atoms with E-state index in [0.717, 1.165) is 0 Å². The van der Waals surface area contributed by atoms with Crippen molar-refractivity contribution >= 4 is 28.9 Å². The summed E-state index contributed by atoms with van der Waals surface area (Å²) in [5.41, 5.74) is -3.08. The molecule has 1 fully saturated rings. The third-order valence-electron chi connectivity index (χ3n) is 6.69. The number of alkyl halides is 1. The van der Waals surface area contributed by atoms with E-state index in [9.17, 15) is 9.59 Å². The Labute approximate surface area is 216 Å².